The molecule has 0 aromatic heterocycles. The van der Waals surface area contributed by atoms with Gasteiger partial charge in [0.15, 0.2) is 0 Å². The zero-order valence-corrected chi connectivity index (χ0v) is 24.3. The van der Waals surface area contributed by atoms with E-state index in [4.69, 9.17) is 37.2 Å². The molecule has 44 heavy (non-hydrogen) atoms. The minimum atomic E-state index is -0.473. The molecule has 0 radical (unpaired) electrons. The van der Waals surface area contributed by atoms with Gasteiger partial charge in [0.2, 0.25) is 0 Å². The lowest BCUT2D eigenvalue weighted by Gasteiger charge is -2.12. The molecule has 4 atom stereocenters. The Labute approximate surface area is 259 Å². The summed E-state index contributed by atoms with van der Waals surface area (Å²) in [7, 11) is -1.89. The van der Waals surface area contributed by atoms with Crippen molar-refractivity contribution in [3.63, 3.8) is 0 Å². The lowest BCUT2D eigenvalue weighted by atomic mass is 9.49. The van der Waals surface area contributed by atoms with E-state index in [9.17, 15) is 0 Å². The van der Waals surface area contributed by atoms with Gasteiger partial charge in [0, 0.05) is 0 Å². The highest BCUT2D eigenvalue weighted by Gasteiger charge is 2.51. The van der Waals surface area contributed by atoms with Crippen LogP contribution in [-0.2, 0) is 37.2 Å². The van der Waals surface area contributed by atoms with E-state index in [2.05, 4.69) is 0 Å². The van der Waals surface area contributed by atoms with Crippen LogP contribution in [0, 0.1) is 0 Å². The largest absolute Gasteiger partial charge is 0.488 e. The maximum Gasteiger partial charge on any atom is 0.488 e. The van der Waals surface area contributed by atoms with E-state index >= 15 is 0 Å². The number of hydrogen-bond acceptors (Lipinski definition) is 8. The minimum Gasteiger partial charge on any atom is -0.410 e. The Morgan fingerprint density at radius 3 is 0.727 bits per heavy atom. The van der Waals surface area contributed by atoms with Crippen molar-refractivity contribution in [2.75, 3.05) is 26.4 Å². The van der Waals surface area contributed by atoms with Crippen molar-refractivity contribution in [3.8, 4) is 0 Å². The normalized spacial score (nSPS) is 24.9. The summed E-state index contributed by atoms with van der Waals surface area (Å²) in [6.45, 7) is 2.09. The summed E-state index contributed by atoms with van der Waals surface area (Å²) < 4.78 is 46.6. The van der Waals surface area contributed by atoms with Gasteiger partial charge in [-0.3, -0.25) is 0 Å². The summed E-state index contributed by atoms with van der Waals surface area (Å²) in [5, 5.41) is 0. The zero-order valence-electron chi connectivity index (χ0n) is 24.3. The second-order valence-electron chi connectivity index (χ2n) is 10.9. The monoisotopic (exact) mass is 588 g/mol. The Kier molecular flexibility index (Phi) is 9.58. The standard InChI is InChI=1S/2C16H16B2O4/c2*1-3-7-13(8-4-1)15-11-19-17(21-15)18-20-12-16(22-18)14-9-5-2-6-10-14/h2*1-10,15-16H,11-12H2/t2*15-,16-/m11/s1. The SMILES string of the molecule is c1ccc([C@H]2COB(B3OC[C@H](c4ccccc4)O3)O2)cc1.c1ccc([C@H]2COB(B3OC[C@H](c4ccccc4)O3)O2)cc1. The quantitative estimate of drug-likeness (QED) is 0.284. The van der Waals surface area contributed by atoms with E-state index in [1.165, 1.54) is 0 Å². The third-order valence-electron chi connectivity index (χ3n) is 7.97. The van der Waals surface area contributed by atoms with Crippen LogP contribution in [0.4, 0.5) is 0 Å². The van der Waals surface area contributed by atoms with Gasteiger partial charge in [-0.15, -0.1) is 0 Å². The molecule has 4 fully saturated rings. The topological polar surface area (TPSA) is 73.8 Å². The highest BCUT2D eigenvalue weighted by Crippen LogP contribution is 2.32. The molecule has 0 spiro atoms. The van der Waals surface area contributed by atoms with Crippen LogP contribution in [0.25, 0.3) is 0 Å². The molecule has 12 heteroatoms. The van der Waals surface area contributed by atoms with Crippen molar-refractivity contribution in [2.24, 2.45) is 0 Å². The first-order chi connectivity index (χ1) is 21.8. The third kappa shape index (κ3) is 7.04. The molecule has 4 aromatic rings. The summed E-state index contributed by atoms with van der Waals surface area (Å²) >= 11 is 0. The van der Waals surface area contributed by atoms with E-state index < -0.39 is 28.0 Å². The first-order valence-corrected chi connectivity index (χ1v) is 15.1. The molecule has 8 nitrogen and oxygen atoms in total. The summed E-state index contributed by atoms with van der Waals surface area (Å²) in [5.74, 6) is 0. The van der Waals surface area contributed by atoms with Gasteiger partial charge in [-0.1, -0.05) is 121 Å². The first kappa shape index (κ1) is 29.5. The van der Waals surface area contributed by atoms with Gasteiger partial charge in [0.25, 0.3) is 0 Å². The van der Waals surface area contributed by atoms with Gasteiger partial charge in [-0.25, -0.2) is 0 Å². The second-order valence-corrected chi connectivity index (χ2v) is 10.9. The van der Waals surface area contributed by atoms with Crippen molar-refractivity contribution >= 4 is 28.0 Å². The van der Waals surface area contributed by atoms with Crippen molar-refractivity contribution in [3.05, 3.63) is 144 Å². The maximum absolute atomic E-state index is 5.94. The zero-order chi connectivity index (χ0) is 29.6. The average molecular weight is 588 g/mol. The lowest BCUT2D eigenvalue weighted by Crippen LogP contribution is -2.38. The summed E-state index contributed by atoms with van der Waals surface area (Å²) in [5.41, 5.74) is 4.45. The first-order valence-electron chi connectivity index (χ1n) is 15.1. The molecular formula is C32H32B4O8. The van der Waals surface area contributed by atoms with Crippen LogP contribution < -0.4 is 0 Å². The van der Waals surface area contributed by atoms with Crippen LogP contribution in [0.1, 0.15) is 46.7 Å². The Morgan fingerprint density at radius 1 is 0.318 bits per heavy atom. The molecule has 4 saturated heterocycles. The van der Waals surface area contributed by atoms with Crippen LogP contribution in [0.2, 0.25) is 0 Å². The van der Waals surface area contributed by atoms with Gasteiger partial charge in [0.1, 0.15) is 0 Å². The molecule has 220 valence electrons. The fourth-order valence-corrected chi connectivity index (χ4v) is 5.63. The van der Waals surface area contributed by atoms with Gasteiger partial charge in [-0.05, 0) is 22.3 Å². The Balaban J connectivity index is 0.000000142. The number of hydrogen-bond donors (Lipinski definition) is 0. The van der Waals surface area contributed by atoms with Crippen LogP contribution in [0.3, 0.4) is 0 Å². The van der Waals surface area contributed by atoms with E-state index in [-0.39, 0.29) is 24.4 Å². The van der Waals surface area contributed by atoms with E-state index in [0.717, 1.165) is 22.3 Å². The molecule has 0 aliphatic carbocycles. The highest BCUT2D eigenvalue weighted by atomic mass is 16.7. The fourth-order valence-electron chi connectivity index (χ4n) is 5.63. The molecule has 0 amide bonds. The lowest BCUT2D eigenvalue weighted by molar-refractivity contribution is 0.233. The molecule has 8 rings (SSSR count). The van der Waals surface area contributed by atoms with Gasteiger partial charge in [-0.2, -0.15) is 0 Å². The number of benzene rings is 4. The van der Waals surface area contributed by atoms with Gasteiger partial charge in [0.05, 0.1) is 50.8 Å². The predicted octanol–water partition coefficient (Wildman–Crippen LogP) is 5.23. The minimum absolute atomic E-state index is 0.0609. The predicted molar refractivity (Wildman–Crippen MR) is 168 cm³/mol. The van der Waals surface area contributed by atoms with Crippen molar-refractivity contribution < 1.29 is 37.2 Å². The molecule has 4 aromatic carbocycles. The van der Waals surface area contributed by atoms with E-state index in [1.807, 2.05) is 121 Å². The average Bonchev–Trinajstić information content (AvgIpc) is 3.93. The van der Waals surface area contributed by atoms with Crippen molar-refractivity contribution in [2.45, 2.75) is 24.4 Å². The molecule has 0 saturated carbocycles. The molecule has 0 N–H and O–H groups in total. The maximum atomic E-state index is 5.94. The highest BCUT2D eigenvalue weighted by molar-refractivity contribution is 7.11. The van der Waals surface area contributed by atoms with Gasteiger partial charge >= 0.3 is 28.0 Å². The van der Waals surface area contributed by atoms with Crippen molar-refractivity contribution in [1.29, 1.82) is 0 Å². The Hall–Kier alpha value is -3.18. The molecule has 0 bridgehead atoms. The van der Waals surface area contributed by atoms with Crippen LogP contribution in [-0.4, -0.2) is 54.5 Å². The second kappa shape index (κ2) is 14.3. The van der Waals surface area contributed by atoms with E-state index in [1.54, 1.807) is 0 Å². The number of rotatable bonds is 6. The van der Waals surface area contributed by atoms with Crippen LogP contribution >= 0.6 is 0 Å². The van der Waals surface area contributed by atoms with E-state index in [0.29, 0.717) is 26.4 Å². The fraction of sp³-hybridized carbons (Fsp3) is 0.250. The summed E-state index contributed by atoms with van der Waals surface area (Å²) in [6, 6.07) is 40.3. The molecular weight excluding hydrogens is 556 g/mol. The Morgan fingerprint density at radius 2 is 0.523 bits per heavy atom. The Bertz CT molecular complexity index is 1220. The third-order valence-corrected chi connectivity index (χ3v) is 7.97. The van der Waals surface area contributed by atoms with Gasteiger partial charge < -0.3 is 37.2 Å². The van der Waals surface area contributed by atoms with Crippen molar-refractivity contribution in [1.82, 2.24) is 0 Å². The molecule has 4 heterocycles. The molecule has 4 aliphatic heterocycles. The molecule has 0 unspecified atom stereocenters. The molecule has 4 aliphatic rings. The summed E-state index contributed by atoms with van der Waals surface area (Å²) in [6.07, 6.45) is -0.244. The smallest absolute Gasteiger partial charge is 0.410 e. The summed E-state index contributed by atoms with van der Waals surface area (Å²) in [4.78, 5) is 0. The van der Waals surface area contributed by atoms with Crippen LogP contribution in [0.5, 0.6) is 0 Å². The van der Waals surface area contributed by atoms with Crippen LogP contribution in [0.15, 0.2) is 121 Å².